The fourth-order valence-electron chi connectivity index (χ4n) is 5.63. The summed E-state index contributed by atoms with van der Waals surface area (Å²) < 4.78 is 7.84. The summed E-state index contributed by atoms with van der Waals surface area (Å²) in [5.41, 5.74) is 8.28. The molecule has 2 fully saturated rings. The number of anilines is 1. The molecule has 0 radical (unpaired) electrons. The molecule has 4 aromatic rings. The van der Waals surface area contributed by atoms with Crippen molar-refractivity contribution in [1.29, 1.82) is 0 Å². The van der Waals surface area contributed by atoms with Crippen LogP contribution in [0.1, 0.15) is 31.2 Å². The van der Waals surface area contributed by atoms with E-state index >= 15 is 0 Å². The Morgan fingerprint density at radius 3 is 2.59 bits per heavy atom. The van der Waals surface area contributed by atoms with Crippen molar-refractivity contribution in [2.75, 3.05) is 31.9 Å². The number of aromatic amines is 1. The number of hydrogen-bond acceptors (Lipinski definition) is 6. The van der Waals surface area contributed by atoms with Crippen LogP contribution in [0.3, 0.4) is 0 Å². The van der Waals surface area contributed by atoms with E-state index in [1.165, 1.54) is 0 Å². The Bertz CT molecular complexity index is 1570. The first kappa shape index (κ1) is 24.9. The number of benzene rings is 2. The number of H-pyrrole nitrogens is 1. The van der Waals surface area contributed by atoms with E-state index in [1.54, 1.807) is 6.08 Å². The van der Waals surface area contributed by atoms with Crippen molar-refractivity contribution in [3.05, 3.63) is 88.9 Å². The first-order chi connectivity index (χ1) is 19.0. The Balaban J connectivity index is 1.26. The maximum absolute atomic E-state index is 13.0. The second kappa shape index (κ2) is 10.4. The number of para-hydroxylation sites is 1. The smallest absolute Gasteiger partial charge is 0.274 e. The molecule has 0 bridgehead atoms. The van der Waals surface area contributed by atoms with E-state index in [1.807, 2.05) is 76.3 Å². The molecular formula is C30H32N6O3. The lowest BCUT2D eigenvalue weighted by Crippen LogP contribution is -2.46. The molecule has 2 atom stereocenters. The van der Waals surface area contributed by atoms with Crippen LogP contribution in [-0.4, -0.2) is 62.7 Å². The number of rotatable bonds is 7. The van der Waals surface area contributed by atoms with Crippen LogP contribution in [0.4, 0.5) is 5.82 Å². The summed E-state index contributed by atoms with van der Waals surface area (Å²) in [7, 11) is 0. The number of nitrogens with zero attached hydrogens (tertiary/aromatic N) is 4. The van der Waals surface area contributed by atoms with Gasteiger partial charge in [0, 0.05) is 49.6 Å². The molecule has 9 nitrogen and oxygen atoms in total. The van der Waals surface area contributed by atoms with Crippen LogP contribution in [0.15, 0.2) is 77.7 Å². The molecule has 4 heterocycles. The zero-order valence-corrected chi connectivity index (χ0v) is 21.9. The van der Waals surface area contributed by atoms with Gasteiger partial charge in [-0.1, -0.05) is 31.2 Å². The maximum atomic E-state index is 13.0. The normalized spacial score (nSPS) is 19.6. The molecule has 3 N–H and O–H groups in total. The van der Waals surface area contributed by atoms with Gasteiger partial charge >= 0.3 is 0 Å². The third kappa shape index (κ3) is 4.81. The predicted octanol–water partition coefficient (Wildman–Crippen LogP) is 4.05. The number of carbonyl (C=O) groups is 1. The maximum Gasteiger partial charge on any atom is 0.274 e. The standard InChI is InChI=1S/C30H32N6O3/c1-2-34-17-15-21(34)10-13-26(37)35-16-14-20(18-35)25-19-36(28-27(25)30(38)33-32-29(28)31)22-8-11-24(12-9-22)39-23-6-4-3-5-7-23/h3-13,19-21H,2,14-18H2,1H3,(H2,31,32)(H,33,38)/b13-10+/t20-,21+/m1/s1. The second-order valence-corrected chi connectivity index (χ2v) is 10.1. The highest BCUT2D eigenvalue weighted by Gasteiger charge is 2.31. The Labute approximate surface area is 226 Å². The molecule has 9 heteroatoms. The lowest BCUT2D eigenvalue weighted by Gasteiger charge is -2.38. The van der Waals surface area contributed by atoms with Crippen molar-refractivity contribution in [1.82, 2.24) is 24.6 Å². The molecule has 2 aromatic heterocycles. The first-order valence-corrected chi connectivity index (χ1v) is 13.5. The number of nitrogens with two attached hydrogens (primary N) is 1. The Morgan fingerprint density at radius 2 is 1.87 bits per heavy atom. The number of nitrogen functional groups attached to an aromatic ring is 1. The molecule has 200 valence electrons. The molecular weight excluding hydrogens is 492 g/mol. The van der Waals surface area contributed by atoms with Gasteiger partial charge in [-0.2, -0.15) is 5.10 Å². The van der Waals surface area contributed by atoms with Crippen LogP contribution in [-0.2, 0) is 4.79 Å². The van der Waals surface area contributed by atoms with Gasteiger partial charge in [-0.05, 0) is 61.3 Å². The third-order valence-electron chi connectivity index (χ3n) is 7.86. The van der Waals surface area contributed by atoms with Crippen molar-refractivity contribution in [3.63, 3.8) is 0 Å². The molecule has 0 saturated carbocycles. The van der Waals surface area contributed by atoms with E-state index in [9.17, 15) is 9.59 Å². The number of carbonyl (C=O) groups excluding carboxylic acids is 1. The highest BCUT2D eigenvalue weighted by molar-refractivity contribution is 5.93. The average molecular weight is 525 g/mol. The number of fused-ring (bicyclic) bond motifs is 1. The van der Waals surface area contributed by atoms with Crippen LogP contribution in [0.25, 0.3) is 16.6 Å². The second-order valence-electron chi connectivity index (χ2n) is 10.1. The fourth-order valence-corrected chi connectivity index (χ4v) is 5.63. The lowest BCUT2D eigenvalue weighted by atomic mass is 9.99. The average Bonchev–Trinajstić information content (AvgIpc) is 3.58. The molecule has 0 aliphatic carbocycles. The number of amides is 1. The Hall–Kier alpha value is -4.37. The number of likely N-dealkylation sites (tertiary alicyclic amines) is 2. The van der Waals surface area contributed by atoms with Crippen molar-refractivity contribution < 1.29 is 9.53 Å². The Kier molecular flexibility index (Phi) is 6.66. The summed E-state index contributed by atoms with van der Waals surface area (Å²) in [6.07, 6.45) is 7.57. The summed E-state index contributed by atoms with van der Waals surface area (Å²) in [4.78, 5) is 30.2. The molecule has 6 rings (SSSR count). The van der Waals surface area contributed by atoms with Crippen molar-refractivity contribution >= 4 is 22.6 Å². The van der Waals surface area contributed by atoms with Crippen LogP contribution >= 0.6 is 0 Å². The van der Waals surface area contributed by atoms with E-state index in [0.29, 0.717) is 35.8 Å². The van der Waals surface area contributed by atoms with Crippen molar-refractivity contribution in [2.45, 2.75) is 31.7 Å². The molecule has 2 saturated heterocycles. The third-order valence-corrected chi connectivity index (χ3v) is 7.86. The minimum Gasteiger partial charge on any atom is -0.457 e. The van der Waals surface area contributed by atoms with E-state index in [2.05, 4.69) is 22.0 Å². The number of nitrogens with one attached hydrogen (secondary N) is 1. The van der Waals surface area contributed by atoms with Gasteiger partial charge in [0.2, 0.25) is 5.91 Å². The number of ether oxygens (including phenoxy) is 1. The number of likely N-dealkylation sites (N-methyl/N-ethyl adjacent to an activating group) is 1. The van der Waals surface area contributed by atoms with Gasteiger partial charge < -0.3 is 19.9 Å². The van der Waals surface area contributed by atoms with Crippen LogP contribution in [0.5, 0.6) is 11.5 Å². The van der Waals surface area contributed by atoms with Crippen LogP contribution in [0, 0.1) is 0 Å². The predicted molar refractivity (Wildman–Crippen MR) is 151 cm³/mol. The van der Waals surface area contributed by atoms with Gasteiger partial charge in [0.15, 0.2) is 5.82 Å². The quantitative estimate of drug-likeness (QED) is 0.353. The minimum absolute atomic E-state index is 0.0190. The lowest BCUT2D eigenvalue weighted by molar-refractivity contribution is -0.125. The Morgan fingerprint density at radius 1 is 1.10 bits per heavy atom. The van der Waals surface area contributed by atoms with Crippen molar-refractivity contribution in [3.8, 4) is 17.2 Å². The summed E-state index contributed by atoms with van der Waals surface area (Å²) in [6, 6.07) is 17.6. The molecule has 2 aliphatic heterocycles. The fraction of sp³-hybridized carbons (Fsp3) is 0.300. The highest BCUT2D eigenvalue weighted by Crippen LogP contribution is 2.35. The van der Waals surface area contributed by atoms with E-state index in [4.69, 9.17) is 10.5 Å². The molecule has 2 aliphatic rings. The monoisotopic (exact) mass is 524 g/mol. The van der Waals surface area contributed by atoms with E-state index in [0.717, 1.165) is 42.9 Å². The largest absolute Gasteiger partial charge is 0.457 e. The SMILES string of the molecule is CCN1CC[C@@H]1/C=C/C(=O)N1CC[C@@H](c2cn(-c3ccc(Oc4ccccc4)cc3)c3c(N)n[nH]c(=O)c23)C1. The molecule has 0 unspecified atom stereocenters. The zero-order valence-electron chi connectivity index (χ0n) is 21.9. The van der Waals surface area contributed by atoms with Crippen LogP contribution in [0.2, 0.25) is 0 Å². The number of aromatic nitrogens is 3. The van der Waals surface area contributed by atoms with Crippen LogP contribution < -0.4 is 16.0 Å². The highest BCUT2D eigenvalue weighted by atomic mass is 16.5. The van der Waals surface area contributed by atoms with E-state index in [-0.39, 0.29) is 23.2 Å². The summed E-state index contributed by atoms with van der Waals surface area (Å²) >= 11 is 0. The zero-order chi connectivity index (χ0) is 26.9. The van der Waals surface area contributed by atoms with Gasteiger partial charge in [0.25, 0.3) is 5.56 Å². The minimum atomic E-state index is -0.286. The molecule has 39 heavy (non-hydrogen) atoms. The molecule has 1 amide bonds. The van der Waals surface area contributed by atoms with Gasteiger partial charge in [0.1, 0.15) is 17.0 Å². The van der Waals surface area contributed by atoms with E-state index < -0.39 is 0 Å². The molecule has 2 aromatic carbocycles. The van der Waals surface area contributed by atoms with Gasteiger partial charge in [-0.25, -0.2) is 5.10 Å². The summed E-state index contributed by atoms with van der Waals surface area (Å²) in [6.45, 7) is 5.42. The number of hydrogen-bond donors (Lipinski definition) is 2. The summed E-state index contributed by atoms with van der Waals surface area (Å²) in [5, 5.41) is 7.09. The van der Waals surface area contributed by atoms with Gasteiger partial charge in [-0.3, -0.25) is 14.5 Å². The van der Waals surface area contributed by atoms with Gasteiger partial charge in [-0.15, -0.1) is 0 Å². The topological polar surface area (TPSA) is 109 Å². The first-order valence-electron chi connectivity index (χ1n) is 13.5. The van der Waals surface area contributed by atoms with Gasteiger partial charge in [0.05, 0.1) is 5.39 Å². The summed E-state index contributed by atoms with van der Waals surface area (Å²) in [5.74, 6) is 1.74. The van der Waals surface area contributed by atoms with Crippen molar-refractivity contribution in [2.24, 2.45) is 0 Å². The molecule has 0 spiro atoms.